The Bertz CT molecular complexity index is 660. The number of nitrogens with zero attached hydrogens (tertiary/aromatic N) is 3. The Morgan fingerprint density at radius 2 is 2.18 bits per heavy atom. The van der Waals surface area contributed by atoms with E-state index < -0.39 is 0 Å². The third-order valence-electron chi connectivity index (χ3n) is 3.62. The van der Waals surface area contributed by atoms with Gasteiger partial charge < -0.3 is 10.2 Å². The van der Waals surface area contributed by atoms with Gasteiger partial charge in [-0.3, -0.25) is 19.6 Å². The van der Waals surface area contributed by atoms with Crippen LogP contribution in [0.4, 0.5) is 5.69 Å². The van der Waals surface area contributed by atoms with Gasteiger partial charge in [-0.2, -0.15) is 0 Å². The van der Waals surface area contributed by atoms with Crippen molar-refractivity contribution in [1.29, 1.82) is 0 Å². The molecule has 112 valence electrons. The van der Waals surface area contributed by atoms with E-state index in [1.807, 2.05) is 24.3 Å². The summed E-state index contributed by atoms with van der Waals surface area (Å²) < 4.78 is 0. The predicted octanol–water partition coefficient (Wildman–Crippen LogP) is 1.15. The van der Waals surface area contributed by atoms with Gasteiger partial charge in [0.1, 0.15) is 0 Å². The van der Waals surface area contributed by atoms with Crippen molar-refractivity contribution in [1.82, 2.24) is 15.3 Å². The number of hydrogen-bond acceptors (Lipinski definition) is 4. The highest BCUT2D eigenvalue weighted by Gasteiger charge is 2.35. The van der Waals surface area contributed by atoms with Gasteiger partial charge in [0, 0.05) is 25.4 Å². The average molecular weight is 296 g/mol. The van der Waals surface area contributed by atoms with Crippen LogP contribution in [0.2, 0.25) is 0 Å². The first kappa shape index (κ1) is 14.2. The minimum absolute atomic E-state index is 0.0500. The van der Waals surface area contributed by atoms with Gasteiger partial charge in [-0.25, -0.2) is 0 Å². The first-order valence-corrected chi connectivity index (χ1v) is 7.12. The van der Waals surface area contributed by atoms with E-state index >= 15 is 0 Å². The number of carbonyl (C=O) groups excluding carboxylic acids is 2. The van der Waals surface area contributed by atoms with Crippen molar-refractivity contribution >= 4 is 17.5 Å². The highest BCUT2D eigenvalue weighted by Crippen LogP contribution is 2.24. The van der Waals surface area contributed by atoms with Gasteiger partial charge >= 0.3 is 0 Å². The van der Waals surface area contributed by atoms with Crippen LogP contribution >= 0.6 is 0 Å². The number of carbonyl (C=O) groups is 2. The summed E-state index contributed by atoms with van der Waals surface area (Å²) >= 11 is 0. The Hall–Kier alpha value is -2.76. The summed E-state index contributed by atoms with van der Waals surface area (Å²) in [6, 6.07) is 9.14. The summed E-state index contributed by atoms with van der Waals surface area (Å²) in [6.07, 6.45) is 5.20. The lowest BCUT2D eigenvalue weighted by molar-refractivity contribution is -0.126. The van der Waals surface area contributed by atoms with Crippen LogP contribution in [-0.4, -0.2) is 28.3 Å². The molecule has 2 aromatic heterocycles. The normalized spacial score (nSPS) is 17.5. The molecule has 6 heteroatoms. The second-order valence-electron chi connectivity index (χ2n) is 5.16. The molecule has 0 saturated carbocycles. The molecule has 1 fully saturated rings. The summed E-state index contributed by atoms with van der Waals surface area (Å²) in [4.78, 5) is 34.0. The van der Waals surface area contributed by atoms with E-state index in [4.69, 9.17) is 0 Å². The molecule has 1 N–H and O–H groups in total. The molecule has 6 nitrogen and oxygen atoms in total. The van der Waals surface area contributed by atoms with Gasteiger partial charge in [-0.1, -0.05) is 6.07 Å². The molecule has 1 saturated heterocycles. The van der Waals surface area contributed by atoms with Gasteiger partial charge in [-0.15, -0.1) is 0 Å². The molecular weight excluding hydrogens is 280 g/mol. The fourth-order valence-electron chi connectivity index (χ4n) is 2.47. The SMILES string of the molecule is O=C(NCc1ccccn1)C1CC(=O)N(c2cccnc2)C1. The van der Waals surface area contributed by atoms with Crippen LogP contribution in [0.5, 0.6) is 0 Å². The molecule has 1 atom stereocenters. The highest BCUT2D eigenvalue weighted by atomic mass is 16.2. The standard InChI is InChI=1S/C16H16N4O2/c21-15-8-12(11-20(15)14-5-3-6-17-10-14)16(22)19-9-13-4-1-2-7-18-13/h1-7,10,12H,8-9,11H2,(H,19,22). The van der Waals surface area contributed by atoms with Crippen LogP contribution in [-0.2, 0) is 16.1 Å². The molecule has 0 aromatic carbocycles. The fraction of sp³-hybridized carbons (Fsp3) is 0.250. The zero-order valence-corrected chi connectivity index (χ0v) is 12.0. The van der Waals surface area contributed by atoms with E-state index in [2.05, 4.69) is 15.3 Å². The van der Waals surface area contributed by atoms with Gasteiger partial charge in [0.2, 0.25) is 11.8 Å². The average Bonchev–Trinajstić information content (AvgIpc) is 2.96. The molecule has 22 heavy (non-hydrogen) atoms. The van der Waals surface area contributed by atoms with Crippen LogP contribution in [0.1, 0.15) is 12.1 Å². The Kier molecular flexibility index (Phi) is 4.09. The summed E-state index contributed by atoms with van der Waals surface area (Å²) in [5.41, 5.74) is 1.52. The van der Waals surface area contributed by atoms with Crippen LogP contribution in [0.15, 0.2) is 48.9 Å². The monoisotopic (exact) mass is 296 g/mol. The third kappa shape index (κ3) is 3.11. The molecule has 3 heterocycles. The number of aromatic nitrogens is 2. The van der Waals surface area contributed by atoms with Crippen molar-refractivity contribution < 1.29 is 9.59 Å². The van der Waals surface area contributed by atoms with E-state index in [1.54, 1.807) is 29.6 Å². The number of anilines is 1. The molecule has 2 aromatic rings. The van der Waals surface area contributed by atoms with Gasteiger partial charge in [0.25, 0.3) is 0 Å². The maximum Gasteiger partial charge on any atom is 0.227 e. The minimum Gasteiger partial charge on any atom is -0.350 e. The van der Waals surface area contributed by atoms with Crippen LogP contribution in [0.3, 0.4) is 0 Å². The Morgan fingerprint density at radius 1 is 1.27 bits per heavy atom. The van der Waals surface area contributed by atoms with E-state index in [1.165, 1.54) is 0 Å². The lowest BCUT2D eigenvalue weighted by Gasteiger charge is -2.16. The maximum absolute atomic E-state index is 12.2. The predicted molar refractivity (Wildman–Crippen MR) is 80.8 cm³/mol. The van der Waals surface area contributed by atoms with Crippen molar-refractivity contribution in [2.45, 2.75) is 13.0 Å². The number of pyridine rings is 2. The second-order valence-corrected chi connectivity index (χ2v) is 5.16. The first-order valence-electron chi connectivity index (χ1n) is 7.12. The lowest BCUT2D eigenvalue weighted by Crippen LogP contribution is -2.32. The van der Waals surface area contributed by atoms with Crippen LogP contribution in [0.25, 0.3) is 0 Å². The summed E-state index contributed by atoms with van der Waals surface area (Å²) in [6.45, 7) is 0.760. The van der Waals surface area contributed by atoms with Crippen molar-refractivity contribution in [2.75, 3.05) is 11.4 Å². The molecule has 3 rings (SSSR count). The van der Waals surface area contributed by atoms with Crippen molar-refractivity contribution in [2.24, 2.45) is 5.92 Å². The molecule has 2 amide bonds. The molecular formula is C16H16N4O2. The Labute approximate surface area is 128 Å². The quantitative estimate of drug-likeness (QED) is 0.918. The summed E-state index contributed by atoms with van der Waals surface area (Å²) in [5.74, 6) is -0.507. The third-order valence-corrected chi connectivity index (χ3v) is 3.62. The van der Waals surface area contributed by atoms with Crippen molar-refractivity contribution in [3.05, 3.63) is 54.6 Å². The number of nitrogens with one attached hydrogen (secondary N) is 1. The number of hydrogen-bond donors (Lipinski definition) is 1. The molecule has 1 unspecified atom stereocenters. The largest absolute Gasteiger partial charge is 0.350 e. The van der Waals surface area contributed by atoms with Crippen molar-refractivity contribution in [3.63, 3.8) is 0 Å². The Morgan fingerprint density at radius 3 is 2.91 bits per heavy atom. The number of rotatable bonds is 4. The van der Waals surface area contributed by atoms with Gasteiger partial charge in [-0.05, 0) is 24.3 Å². The topological polar surface area (TPSA) is 75.2 Å². The van der Waals surface area contributed by atoms with E-state index in [9.17, 15) is 9.59 Å². The van der Waals surface area contributed by atoms with Crippen LogP contribution in [0, 0.1) is 5.92 Å². The van der Waals surface area contributed by atoms with E-state index in [-0.39, 0.29) is 24.2 Å². The molecule has 1 aliphatic heterocycles. The summed E-state index contributed by atoms with van der Waals surface area (Å²) in [7, 11) is 0. The molecule has 1 aliphatic rings. The first-order chi connectivity index (χ1) is 10.7. The van der Waals surface area contributed by atoms with Crippen molar-refractivity contribution in [3.8, 4) is 0 Å². The highest BCUT2D eigenvalue weighted by molar-refractivity contribution is 6.00. The van der Waals surface area contributed by atoms with E-state index in [0.717, 1.165) is 11.4 Å². The Balaban J connectivity index is 1.59. The molecule has 0 bridgehead atoms. The minimum atomic E-state index is -0.337. The summed E-state index contributed by atoms with van der Waals surface area (Å²) in [5, 5.41) is 2.84. The second kappa shape index (κ2) is 6.34. The zero-order valence-electron chi connectivity index (χ0n) is 12.0. The van der Waals surface area contributed by atoms with Gasteiger partial charge in [0.15, 0.2) is 0 Å². The molecule has 0 aliphatic carbocycles. The lowest BCUT2D eigenvalue weighted by atomic mass is 10.1. The molecule has 0 spiro atoms. The fourth-order valence-corrected chi connectivity index (χ4v) is 2.47. The smallest absolute Gasteiger partial charge is 0.227 e. The zero-order chi connectivity index (χ0) is 15.4. The maximum atomic E-state index is 12.2. The molecule has 0 radical (unpaired) electrons. The van der Waals surface area contributed by atoms with E-state index in [0.29, 0.717) is 13.1 Å². The van der Waals surface area contributed by atoms with Gasteiger partial charge in [0.05, 0.1) is 30.0 Å². The van der Waals surface area contributed by atoms with Crippen LogP contribution < -0.4 is 10.2 Å². The number of amides is 2.